The van der Waals surface area contributed by atoms with Gasteiger partial charge in [-0.05, 0) is 0 Å². The molecule has 0 aliphatic rings. The third-order valence-electron chi connectivity index (χ3n) is 0.0985. The van der Waals surface area contributed by atoms with E-state index in [4.69, 9.17) is 5.26 Å². The first-order valence-electron chi connectivity index (χ1n) is 0.924. The molecule has 3 nitrogen and oxygen atoms in total. The third-order valence-corrected chi connectivity index (χ3v) is 0.295. The summed E-state index contributed by atoms with van der Waals surface area (Å²) >= 11 is 0.519. The molecule has 0 fully saturated rings. The Balaban J connectivity index is 0. The van der Waals surface area contributed by atoms with Crippen molar-refractivity contribution in [3.8, 4) is 0 Å². The van der Waals surface area contributed by atoms with Crippen molar-refractivity contribution in [3.05, 3.63) is 0 Å². The molecule has 1 N–H and O–H groups in total. The minimum atomic E-state index is 0. The van der Waals surface area contributed by atoms with E-state index in [-0.39, 0.29) is 29.6 Å². The van der Waals surface area contributed by atoms with Crippen LogP contribution >= 0.6 is 12.3 Å². The summed E-state index contributed by atoms with van der Waals surface area (Å²) < 4.78 is 7.52. The smallest absolute Gasteiger partial charge is 0.193 e. The number of hydrogen-bond acceptors (Lipinski definition) is 4. The van der Waals surface area contributed by atoms with Crippen LogP contribution in [-0.2, 0) is 8.52 Å². The van der Waals surface area contributed by atoms with E-state index in [0.29, 0.717) is 12.3 Å². The predicted octanol–water partition coefficient (Wildman–Crippen LogP) is 0.305. The Hall–Kier alpha value is 1.23. The van der Waals surface area contributed by atoms with Crippen LogP contribution in [0.25, 0.3) is 0 Å². The molecule has 0 rings (SSSR count). The molecule has 0 aromatic heterocycles. The van der Waals surface area contributed by atoms with E-state index < -0.39 is 0 Å². The third kappa shape index (κ3) is 8.97. The summed E-state index contributed by atoms with van der Waals surface area (Å²) in [4.78, 5) is 0. The summed E-state index contributed by atoms with van der Waals surface area (Å²) in [7, 11) is 1.39. The van der Waals surface area contributed by atoms with E-state index in [1.807, 2.05) is 0 Å². The fourth-order valence-corrected chi connectivity index (χ4v) is 0.0913. The summed E-state index contributed by atoms with van der Waals surface area (Å²) in [6.07, 6.45) is 0. The fraction of sp³-hybridized carbons (Fsp3) is 1.00. The van der Waals surface area contributed by atoms with Crippen LogP contribution in [0.2, 0.25) is 0 Å². The van der Waals surface area contributed by atoms with Crippen molar-refractivity contribution in [3.63, 3.8) is 0 Å². The summed E-state index contributed by atoms with van der Waals surface area (Å²) in [5.41, 5.74) is 0. The van der Waals surface area contributed by atoms with Crippen molar-refractivity contribution in [1.29, 1.82) is 0 Å². The van der Waals surface area contributed by atoms with Crippen LogP contribution < -0.4 is 0 Å². The molecule has 0 bridgehead atoms. The van der Waals surface area contributed by atoms with Crippen molar-refractivity contribution in [1.82, 2.24) is 0 Å². The number of rotatable bonds is 2. The molecule has 33 valence electrons. The van der Waals surface area contributed by atoms with Gasteiger partial charge in [0, 0.05) is 29.6 Å². The molecule has 0 aromatic rings. The van der Waals surface area contributed by atoms with E-state index in [9.17, 15) is 0 Å². The van der Waals surface area contributed by atoms with E-state index in [0.717, 1.165) is 0 Å². The van der Waals surface area contributed by atoms with Crippen LogP contribution in [0, 0.1) is 0 Å². The van der Waals surface area contributed by atoms with Crippen molar-refractivity contribution < 1.29 is 13.8 Å². The molecule has 0 aliphatic carbocycles. The predicted molar refractivity (Wildman–Crippen MR) is 24.1 cm³/mol. The minimum Gasteiger partial charge on any atom is -0.293 e. The summed E-state index contributed by atoms with van der Waals surface area (Å²) in [5, 5.41) is 7.40. The quantitative estimate of drug-likeness (QED) is 0.245. The normalized spacial score (nSPS) is 7.00. The van der Waals surface area contributed by atoms with E-state index in [2.05, 4.69) is 8.52 Å². The van der Waals surface area contributed by atoms with Gasteiger partial charge in [0.05, 0.1) is 7.11 Å². The van der Waals surface area contributed by atoms with Crippen LogP contribution in [0.4, 0.5) is 0 Å². The van der Waals surface area contributed by atoms with Crippen molar-refractivity contribution in [2.75, 3.05) is 7.11 Å². The van der Waals surface area contributed by atoms with Crippen molar-refractivity contribution >= 4 is 41.9 Å². The van der Waals surface area contributed by atoms with Gasteiger partial charge in [-0.2, -0.15) is 0 Å². The Bertz CT molecular complexity index is 18.3. The zero-order chi connectivity index (χ0) is 4.12. The second kappa shape index (κ2) is 9.52. The molecule has 5 heteroatoms. The van der Waals surface area contributed by atoms with Crippen molar-refractivity contribution in [2.45, 2.75) is 0 Å². The molecular formula is CH4NaO3S. The van der Waals surface area contributed by atoms with Crippen LogP contribution in [0.5, 0.6) is 0 Å². The van der Waals surface area contributed by atoms with Gasteiger partial charge in [0.25, 0.3) is 0 Å². The Morgan fingerprint density at radius 2 is 2.17 bits per heavy atom. The fourth-order valence-electron chi connectivity index (χ4n) is 0.0304. The van der Waals surface area contributed by atoms with Crippen LogP contribution in [0.15, 0.2) is 0 Å². The molecular weight excluding hydrogens is 115 g/mol. The summed E-state index contributed by atoms with van der Waals surface area (Å²) in [5.74, 6) is 0. The SMILES string of the molecule is COSOO.[Na]. The monoisotopic (exact) mass is 119 g/mol. The van der Waals surface area contributed by atoms with Gasteiger partial charge in [0.2, 0.25) is 0 Å². The first kappa shape index (κ1) is 10.3. The van der Waals surface area contributed by atoms with Crippen LogP contribution in [0.3, 0.4) is 0 Å². The second-order valence-corrected chi connectivity index (χ2v) is 0.928. The zero-order valence-electron chi connectivity index (χ0n) is 3.67. The molecule has 1 radical (unpaired) electrons. The summed E-state index contributed by atoms with van der Waals surface area (Å²) in [6, 6.07) is 0. The minimum absolute atomic E-state index is 0. The molecule has 0 atom stereocenters. The van der Waals surface area contributed by atoms with Gasteiger partial charge in [-0.15, -0.1) is 4.33 Å². The van der Waals surface area contributed by atoms with Gasteiger partial charge < -0.3 is 0 Å². The zero-order valence-corrected chi connectivity index (χ0v) is 6.49. The standard InChI is InChI=1S/CH4O3S.Na/c1-3-5-4-2;/h2H,1H3;. The van der Waals surface area contributed by atoms with E-state index in [1.54, 1.807) is 0 Å². The van der Waals surface area contributed by atoms with E-state index in [1.165, 1.54) is 7.11 Å². The van der Waals surface area contributed by atoms with Crippen LogP contribution in [-0.4, -0.2) is 41.9 Å². The molecule has 0 amide bonds. The van der Waals surface area contributed by atoms with Gasteiger partial charge in [-0.1, -0.05) is 0 Å². The maximum absolute atomic E-state index is 7.40. The molecule has 0 heterocycles. The first-order chi connectivity index (χ1) is 2.41. The molecule has 0 aromatic carbocycles. The Morgan fingerprint density at radius 1 is 1.67 bits per heavy atom. The second-order valence-electron chi connectivity index (χ2n) is 0.309. The Morgan fingerprint density at radius 3 is 2.17 bits per heavy atom. The average Bonchev–Trinajstić information content (AvgIpc) is 1.41. The molecule has 0 saturated carbocycles. The van der Waals surface area contributed by atoms with Crippen molar-refractivity contribution in [2.24, 2.45) is 0 Å². The van der Waals surface area contributed by atoms with Gasteiger partial charge in [-0.25, -0.2) is 5.26 Å². The van der Waals surface area contributed by atoms with Gasteiger partial charge >= 0.3 is 0 Å². The summed E-state index contributed by atoms with van der Waals surface area (Å²) in [6.45, 7) is 0. The van der Waals surface area contributed by atoms with Gasteiger partial charge in [0.15, 0.2) is 12.3 Å². The Kier molecular flexibility index (Phi) is 16.3. The average molecular weight is 119 g/mol. The molecule has 0 aliphatic heterocycles. The first-order valence-corrected chi connectivity index (χ1v) is 1.59. The molecule has 0 unspecified atom stereocenters. The maximum Gasteiger partial charge on any atom is 0.193 e. The molecule has 0 saturated heterocycles. The van der Waals surface area contributed by atoms with Gasteiger partial charge in [0.1, 0.15) is 0 Å². The van der Waals surface area contributed by atoms with E-state index >= 15 is 0 Å². The Labute approximate surface area is 62.6 Å². The number of hydrogen-bond donors (Lipinski definition) is 1. The maximum atomic E-state index is 7.40. The topological polar surface area (TPSA) is 38.7 Å². The van der Waals surface area contributed by atoms with Gasteiger partial charge in [-0.3, -0.25) is 4.18 Å². The van der Waals surface area contributed by atoms with Crippen LogP contribution in [0.1, 0.15) is 0 Å². The molecule has 6 heavy (non-hydrogen) atoms. The largest absolute Gasteiger partial charge is 0.293 e. The molecule has 0 spiro atoms.